The van der Waals surface area contributed by atoms with Gasteiger partial charge in [0.15, 0.2) is 0 Å². The molecule has 0 heterocycles. The number of unbranched alkanes of at least 4 members (excludes halogenated alkanes) is 21. The van der Waals surface area contributed by atoms with E-state index in [0.717, 1.165) is 83.5 Å². The van der Waals surface area contributed by atoms with Crippen molar-refractivity contribution in [1.29, 1.82) is 0 Å². The van der Waals surface area contributed by atoms with Crippen LogP contribution in [0.1, 0.15) is 200 Å². The van der Waals surface area contributed by atoms with Crippen LogP contribution in [0.15, 0.2) is 60.8 Å². The van der Waals surface area contributed by atoms with Gasteiger partial charge in [-0.25, -0.2) is 4.57 Å². The lowest BCUT2D eigenvalue weighted by atomic mass is 9.85. The molecule has 0 aromatic heterocycles. The summed E-state index contributed by atoms with van der Waals surface area (Å²) in [5.41, 5.74) is 0. The normalized spacial score (nSPS) is 22.0. The maximum absolute atomic E-state index is 12.8. The van der Waals surface area contributed by atoms with E-state index in [4.69, 9.17) is 18.5 Å². The summed E-state index contributed by atoms with van der Waals surface area (Å²) >= 11 is 0. The van der Waals surface area contributed by atoms with Gasteiger partial charge in [-0.05, 0) is 77.0 Å². The van der Waals surface area contributed by atoms with E-state index in [1.54, 1.807) is 0 Å². The van der Waals surface area contributed by atoms with Crippen molar-refractivity contribution in [2.24, 2.45) is 0 Å². The monoisotopic (exact) mass is 941 g/mol. The summed E-state index contributed by atoms with van der Waals surface area (Å²) < 4.78 is 34.3. The third-order valence-corrected chi connectivity index (χ3v) is 12.6. The maximum atomic E-state index is 12.8. The summed E-state index contributed by atoms with van der Waals surface area (Å²) in [5, 5.41) is 50.3. The van der Waals surface area contributed by atoms with Crippen molar-refractivity contribution in [2.45, 2.75) is 243 Å². The average molecular weight is 941 g/mol. The molecule has 0 spiro atoms. The summed E-state index contributed by atoms with van der Waals surface area (Å²) in [7, 11) is -5.03. The number of hydrogen-bond donors (Lipinski definition) is 6. The fourth-order valence-electron chi connectivity index (χ4n) is 7.58. The number of aliphatic hydroxyl groups excluding tert-OH is 5. The Morgan fingerprint density at radius 1 is 0.508 bits per heavy atom. The van der Waals surface area contributed by atoms with Crippen LogP contribution in [0.25, 0.3) is 0 Å². The Morgan fingerprint density at radius 3 is 1.40 bits per heavy atom. The van der Waals surface area contributed by atoms with Gasteiger partial charge in [0.2, 0.25) is 0 Å². The predicted octanol–water partition coefficient (Wildman–Crippen LogP) is 11.4. The zero-order chi connectivity index (χ0) is 47.6. The molecule has 1 rings (SSSR count). The van der Waals surface area contributed by atoms with Crippen molar-refractivity contribution in [3.05, 3.63) is 60.8 Å². The highest BCUT2D eigenvalue weighted by Crippen LogP contribution is 2.47. The van der Waals surface area contributed by atoms with Crippen LogP contribution in [-0.4, -0.2) is 98.9 Å². The maximum Gasteiger partial charge on any atom is 0.472 e. The highest BCUT2D eigenvalue weighted by atomic mass is 31.2. The SMILES string of the molecule is CC/C=C\C/C=C\C/C=C\C/C=C\CCCCCCCCCCCCC(=O)OC(COCCCCCCCC/C=C\CCCCCCC)COP(=O)(O)OC1C(O)C(O)C(O)C(O)C1O. The first-order valence-corrected chi connectivity index (χ1v) is 27.1. The second-order valence-electron chi connectivity index (χ2n) is 17.6. The van der Waals surface area contributed by atoms with E-state index >= 15 is 0 Å². The Balaban J connectivity index is 2.33. The van der Waals surface area contributed by atoms with E-state index in [2.05, 4.69) is 74.6 Å². The fraction of sp³-hybridized carbons (Fsp3) is 0.788. The number of carbonyl (C=O) groups is 1. The Kier molecular flexibility index (Phi) is 39.6. The van der Waals surface area contributed by atoms with E-state index in [1.807, 2.05) is 0 Å². The number of phosphoric acid groups is 1. The number of phosphoric ester groups is 1. The number of rotatable bonds is 43. The Hall–Kier alpha value is -1.96. The molecule has 13 heteroatoms. The number of carbonyl (C=O) groups excluding carboxylic acids is 1. The lowest BCUT2D eigenvalue weighted by molar-refractivity contribution is -0.220. The molecule has 1 aliphatic carbocycles. The molecule has 1 aliphatic rings. The molecular weight excluding hydrogens is 848 g/mol. The largest absolute Gasteiger partial charge is 0.472 e. The second kappa shape index (κ2) is 42.2. The minimum Gasteiger partial charge on any atom is -0.457 e. The van der Waals surface area contributed by atoms with Crippen molar-refractivity contribution in [1.82, 2.24) is 0 Å². The van der Waals surface area contributed by atoms with E-state index in [1.165, 1.54) is 89.9 Å². The van der Waals surface area contributed by atoms with E-state index < -0.39 is 63.1 Å². The van der Waals surface area contributed by atoms with Crippen LogP contribution in [0.4, 0.5) is 0 Å². The van der Waals surface area contributed by atoms with Crippen LogP contribution < -0.4 is 0 Å². The molecule has 1 fully saturated rings. The van der Waals surface area contributed by atoms with Crippen LogP contribution in [-0.2, 0) is 27.9 Å². The Bertz CT molecular complexity index is 1300. The highest BCUT2D eigenvalue weighted by Gasteiger charge is 2.51. The minimum absolute atomic E-state index is 0.0839. The molecule has 0 bridgehead atoms. The standard InChI is InChI=1S/C52H93O12P/c1-3-5-7-9-11-13-15-17-19-20-21-22-23-24-25-26-27-29-31-33-35-37-39-41-46(53)63-45(44-62-65(59,60)64-52-50(57)48(55)47(54)49(56)51(52)58)43-61-42-40-38-36-34-32-30-28-18-16-14-12-10-8-6-4-2/h5,7,11,13,16-19,21-22,45,47-52,54-58H,3-4,6,8-10,12,14-15,20,23-44H2,1-2H3,(H,59,60)/b7-5-,13-11-,18-16-,19-17-,22-21-. The number of aliphatic hydroxyl groups is 5. The lowest BCUT2D eigenvalue weighted by Gasteiger charge is -2.41. The quantitative estimate of drug-likeness (QED) is 0.0147. The van der Waals surface area contributed by atoms with Crippen LogP contribution in [0.5, 0.6) is 0 Å². The van der Waals surface area contributed by atoms with Crippen LogP contribution in [0, 0.1) is 0 Å². The van der Waals surface area contributed by atoms with E-state index in [0.29, 0.717) is 13.0 Å². The van der Waals surface area contributed by atoms with Gasteiger partial charge in [-0.1, -0.05) is 177 Å². The third-order valence-electron chi connectivity index (χ3n) is 11.6. The summed E-state index contributed by atoms with van der Waals surface area (Å²) in [6, 6.07) is 0. The minimum atomic E-state index is -5.03. The molecule has 65 heavy (non-hydrogen) atoms. The third kappa shape index (κ3) is 34.1. The molecule has 0 aliphatic heterocycles. The van der Waals surface area contributed by atoms with Gasteiger partial charge in [-0.2, -0.15) is 0 Å². The van der Waals surface area contributed by atoms with Crippen molar-refractivity contribution >= 4 is 13.8 Å². The summed E-state index contributed by atoms with van der Waals surface area (Å²) in [6.07, 6.45) is 41.4. The lowest BCUT2D eigenvalue weighted by Crippen LogP contribution is -2.64. The highest BCUT2D eigenvalue weighted by molar-refractivity contribution is 7.47. The van der Waals surface area contributed by atoms with Gasteiger partial charge >= 0.3 is 13.8 Å². The second-order valence-corrected chi connectivity index (χ2v) is 19.0. The molecule has 0 saturated heterocycles. The number of esters is 1. The van der Waals surface area contributed by atoms with E-state index in [9.17, 15) is 39.8 Å². The van der Waals surface area contributed by atoms with Crippen molar-refractivity contribution in [2.75, 3.05) is 19.8 Å². The summed E-state index contributed by atoms with van der Waals surface area (Å²) in [4.78, 5) is 23.2. The smallest absolute Gasteiger partial charge is 0.457 e. The number of hydrogen-bond acceptors (Lipinski definition) is 11. The molecule has 0 aromatic rings. The van der Waals surface area contributed by atoms with Crippen molar-refractivity contribution in [3.63, 3.8) is 0 Å². The zero-order valence-corrected chi connectivity index (χ0v) is 41.4. The number of ether oxygens (including phenoxy) is 2. The Morgan fingerprint density at radius 2 is 0.908 bits per heavy atom. The van der Waals surface area contributed by atoms with Gasteiger partial charge in [0, 0.05) is 13.0 Å². The Labute approximate surface area is 394 Å². The van der Waals surface area contributed by atoms with E-state index in [-0.39, 0.29) is 13.0 Å². The first-order chi connectivity index (χ1) is 31.5. The van der Waals surface area contributed by atoms with Gasteiger partial charge in [0.25, 0.3) is 0 Å². The van der Waals surface area contributed by atoms with Crippen molar-refractivity contribution < 1.29 is 58.3 Å². The molecule has 0 radical (unpaired) electrons. The summed E-state index contributed by atoms with van der Waals surface area (Å²) in [5.74, 6) is -0.485. The van der Waals surface area contributed by atoms with Gasteiger partial charge in [0.05, 0.1) is 13.2 Å². The van der Waals surface area contributed by atoms with Crippen molar-refractivity contribution in [3.8, 4) is 0 Å². The van der Waals surface area contributed by atoms with Gasteiger partial charge < -0.3 is 39.9 Å². The van der Waals surface area contributed by atoms with Gasteiger partial charge in [-0.15, -0.1) is 0 Å². The van der Waals surface area contributed by atoms with Crippen LogP contribution >= 0.6 is 7.82 Å². The van der Waals surface area contributed by atoms with Crippen LogP contribution in [0.3, 0.4) is 0 Å². The predicted molar refractivity (Wildman–Crippen MR) is 262 cm³/mol. The number of allylic oxidation sites excluding steroid dienone is 10. The molecule has 0 aromatic carbocycles. The molecular formula is C52H93O12P. The molecule has 6 N–H and O–H groups in total. The first-order valence-electron chi connectivity index (χ1n) is 25.6. The molecule has 12 nitrogen and oxygen atoms in total. The van der Waals surface area contributed by atoms with Gasteiger partial charge in [0.1, 0.15) is 42.7 Å². The topological polar surface area (TPSA) is 192 Å². The molecule has 1 saturated carbocycles. The van der Waals surface area contributed by atoms with Crippen LogP contribution in [0.2, 0.25) is 0 Å². The molecule has 0 amide bonds. The first kappa shape index (κ1) is 61.1. The molecule has 6 unspecified atom stereocenters. The molecule has 6 atom stereocenters. The van der Waals surface area contributed by atoms with Gasteiger partial charge in [-0.3, -0.25) is 13.8 Å². The summed E-state index contributed by atoms with van der Waals surface area (Å²) in [6.45, 7) is 4.13. The average Bonchev–Trinajstić information content (AvgIpc) is 3.29. The fourth-order valence-corrected chi connectivity index (χ4v) is 8.55. The molecule has 378 valence electrons. The zero-order valence-electron chi connectivity index (χ0n) is 40.5.